The number of amides is 1. The number of unbranched alkanes of at least 4 members (excludes halogenated alkanes) is 1. The van der Waals surface area contributed by atoms with Gasteiger partial charge in [0.1, 0.15) is 4.88 Å². The lowest BCUT2D eigenvalue weighted by molar-refractivity contribution is 0.0499. The van der Waals surface area contributed by atoms with Crippen molar-refractivity contribution in [3.8, 4) is 0 Å². The highest BCUT2D eigenvalue weighted by atomic mass is 35.5. The van der Waals surface area contributed by atoms with Crippen LogP contribution in [0.1, 0.15) is 39.8 Å². The second-order valence-corrected chi connectivity index (χ2v) is 7.19. The highest BCUT2D eigenvalue weighted by Gasteiger charge is 2.17. The fourth-order valence-corrected chi connectivity index (χ4v) is 3.84. The molecule has 0 unspecified atom stereocenters. The average Bonchev–Trinajstić information content (AvgIpc) is 3.00. The molecule has 0 bridgehead atoms. The number of benzene rings is 2. The van der Waals surface area contributed by atoms with Crippen LogP contribution in [0.5, 0.6) is 0 Å². The predicted octanol–water partition coefficient (Wildman–Crippen LogP) is 5.76. The number of thiophene rings is 1. The van der Waals surface area contributed by atoms with Crippen LogP contribution in [-0.2, 0) is 4.74 Å². The first-order valence-corrected chi connectivity index (χ1v) is 9.55. The lowest BCUT2D eigenvalue weighted by atomic mass is 10.2. The van der Waals surface area contributed by atoms with Gasteiger partial charge in [0, 0.05) is 15.8 Å². The zero-order valence-corrected chi connectivity index (χ0v) is 15.8. The molecule has 0 aliphatic carbocycles. The number of ether oxygens (including phenoxy) is 1. The van der Waals surface area contributed by atoms with Crippen LogP contribution in [0, 0.1) is 0 Å². The van der Waals surface area contributed by atoms with E-state index in [0.717, 1.165) is 22.9 Å². The van der Waals surface area contributed by atoms with Crippen molar-refractivity contribution in [1.29, 1.82) is 0 Å². The summed E-state index contributed by atoms with van der Waals surface area (Å²) in [5, 5.41) is 4.14. The molecule has 1 aromatic heterocycles. The number of hydrogen-bond acceptors (Lipinski definition) is 4. The van der Waals surface area contributed by atoms with E-state index in [1.165, 1.54) is 11.3 Å². The highest BCUT2D eigenvalue weighted by Crippen LogP contribution is 2.35. The Labute approximate surface area is 160 Å². The van der Waals surface area contributed by atoms with E-state index in [9.17, 15) is 9.59 Å². The van der Waals surface area contributed by atoms with Gasteiger partial charge in [-0.2, -0.15) is 0 Å². The minimum atomic E-state index is -0.358. The number of fused-ring (bicyclic) bond motifs is 1. The van der Waals surface area contributed by atoms with Crippen molar-refractivity contribution in [3.63, 3.8) is 0 Å². The SMILES string of the molecule is CCCCOC(=O)c1ccc(NC(=O)c2sc3ccccc3c2Cl)cc1. The number of hydrogen-bond donors (Lipinski definition) is 1. The summed E-state index contributed by atoms with van der Waals surface area (Å²) in [5.41, 5.74) is 1.05. The summed E-state index contributed by atoms with van der Waals surface area (Å²) < 4.78 is 6.13. The Morgan fingerprint density at radius 2 is 1.85 bits per heavy atom. The third-order valence-corrected chi connectivity index (χ3v) is 5.52. The van der Waals surface area contributed by atoms with Crippen molar-refractivity contribution in [1.82, 2.24) is 0 Å². The Bertz CT molecular complexity index is 934. The molecular formula is C20H18ClNO3S. The Balaban J connectivity index is 1.69. The van der Waals surface area contributed by atoms with E-state index >= 15 is 0 Å². The van der Waals surface area contributed by atoms with E-state index in [4.69, 9.17) is 16.3 Å². The average molecular weight is 388 g/mol. The number of rotatable bonds is 6. The molecule has 1 amide bonds. The van der Waals surface area contributed by atoms with Crippen LogP contribution >= 0.6 is 22.9 Å². The van der Waals surface area contributed by atoms with Gasteiger partial charge in [-0.3, -0.25) is 4.79 Å². The van der Waals surface area contributed by atoms with Gasteiger partial charge in [0.15, 0.2) is 0 Å². The van der Waals surface area contributed by atoms with Crippen LogP contribution in [0.25, 0.3) is 10.1 Å². The van der Waals surface area contributed by atoms with Gasteiger partial charge in [0.05, 0.1) is 17.2 Å². The Kier molecular flexibility index (Phi) is 5.91. The summed E-state index contributed by atoms with van der Waals surface area (Å²) in [6.07, 6.45) is 1.81. The molecule has 0 radical (unpaired) electrons. The molecule has 2 aromatic carbocycles. The topological polar surface area (TPSA) is 55.4 Å². The minimum Gasteiger partial charge on any atom is -0.462 e. The van der Waals surface area contributed by atoms with Crippen molar-refractivity contribution in [3.05, 3.63) is 64.0 Å². The van der Waals surface area contributed by atoms with Crippen LogP contribution in [0.15, 0.2) is 48.5 Å². The molecule has 4 nitrogen and oxygen atoms in total. The fourth-order valence-electron chi connectivity index (χ4n) is 2.43. The molecule has 0 spiro atoms. The summed E-state index contributed by atoms with van der Waals surface area (Å²) >= 11 is 7.69. The predicted molar refractivity (Wildman–Crippen MR) is 106 cm³/mol. The van der Waals surface area contributed by atoms with Crippen LogP contribution < -0.4 is 5.32 Å². The highest BCUT2D eigenvalue weighted by molar-refractivity contribution is 7.21. The Morgan fingerprint density at radius 1 is 1.12 bits per heavy atom. The third kappa shape index (κ3) is 4.06. The third-order valence-electron chi connectivity index (χ3n) is 3.85. The summed E-state index contributed by atoms with van der Waals surface area (Å²) in [5.74, 6) is -0.627. The van der Waals surface area contributed by atoms with Gasteiger partial charge in [-0.05, 0) is 36.8 Å². The molecular weight excluding hydrogens is 370 g/mol. The van der Waals surface area contributed by atoms with E-state index in [1.807, 2.05) is 31.2 Å². The Morgan fingerprint density at radius 3 is 2.54 bits per heavy atom. The number of halogens is 1. The van der Waals surface area contributed by atoms with E-state index in [1.54, 1.807) is 24.3 Å². The van der Waals surface area contributed by atoms with Gasteiger partial charge in [-0.1, -0.05) is 43.1 Å². The van der Waals surface area contributed by atoms with Crippen molar-refractivity contribution in [2.45, 2.75) is 19.8 Å². The molecule has 3 aromatic rings. The van der Waals surface area contributed by atoms with Gasteiger partial charge < -0.3 is 10.1 Å². The lowest BCUT2D eigenvalue weighted by Gasteiger charge is -2.06. The maximum absolute atomic E-state index is 12.5. The maximum atomic E-state index is 12.5. The van der Waals surface area contributed by atoms with E-state index in [0.29, 0.717) is 27.8 Å². The Hall–Kier alpha value is -2.37. The van der Waals surface area contributed by atoms with E-state index in [2.05, 4.69) is 5.32 Å². The number of carbonyl (C=O) groups excluding carboxylic acids is 2. The quantitative estimate of drug-likeness (QED) is 0.432. The van der Waals surface area contributed by atoms with Crippen LogP contribution in [0.2, 0.25) is 5.02 Å². The molecule has 0 saturated heterocycles. The zero-order chi connectivity index (χ0) is 18.5. The molecule has 3 rings (SSSR count). The largest absolute Gasteiger partial charge is 0.462 e. The van der Waals surface area contributed by atoms with Crippen molar-refractivity contribution in [2.24, 2.45) is 0 Å². The van der Waals surface area contributed by atoms with E-state index < -0.39 is 0 Å². The normalized spacial score (nSPS) is 10.7. The van der Waals surface area contributed by atoms with Gasteiger partial charge in [-0.25, -0.2) is 4.79 Å². The standard InChI is InChI=1S/C20H18ClNO3S/c1-2-3-12-25-20(24)13-8-10-14(11-9-13)22-19(23)18-17(21)15-6-4-5-7-16(15)26-18/h4-11H,2-3,12H2,1H3,(H,22,23). The molecule has 134 valence electrons. The molecule has 0 aliphatic heterocycles. The lowest BCUT2D eigenvalue weighted by Crippen LogP contribution is -2.11. The number of anilines is 1. The molecule has 0 atom stereocenters. The maximum Gasteiger partial charge on any atom is 0.338 e. The van der Waals surface area contributed by atoms with Gasteiger partial charge in [0.25, 0.3) is 5.91 Å². The molecule has 1 heterocycles. The molecule has 6 heteroatoms. The van der Waals surface area contributed by atoms with Gasteiger partial charge in [-0.15, -0.1) is 11.3 Å². The van der Waals surface area contributed by atoms with Crippen molar-refractivity contribution in [2.75, 3.05) is 11.9 Å². The number of nitrogens with one attached hydrogen (secondary N) is 1. The van der Waals surface area contributed by atoms with Gasteiger partial charge in [0.2, 0.25) is 0 Å². The van der Waals surface area contributed by atoms with E-state index in [-0.39, 0.29) is 11.9 Å². The molecule has 0 saturated carbocycles. The molecule has 26 heavy (non-hydrogen) atoms. The number of carbonyl (C=O) groups is 2. The summed E-state index contributed by atoms with van der Waals surface area (Å²) in [6.45, 7) is 2.45. The first-order valence-electron chi connectivity index (χ1n) is 8.35. The molecule has 0 fully saturated rings. The number of esters is 1. The second kappa shape index (κ2) is 8.34. The zero-order valence-electron chi connectivity index (χ0n) is 14.3. The van der Waals surface area contributed by atoms with Crippen LogP contribution in [-0.4, -0.2) is 18.5 Å². The fraction of sp³-hybridized carbons (Fsp3) is 0.200. The second-order valence-electron chi connectivity index (χ2n) is 5.76. The first-order chi connectivity index (χ1) is 12.6. The van der Waals surface area contributed by atoms with Crippen LogP contribution in [0.3, 0.4) is 0 Å². The first kappa shape index (κ1) is 18.4. The van der Waals surface area contributed by atoms with Crippen molar-refractivity contribution >= 4 is 50.6 Å². The molecule has 1 N–H and O–H groups in total. The van der Waals surface area contributed by atoms with Gasteiger partial charge >= 0.3 is 5.97 Å². The minimum absolute atomic E-state index is 0.269. The summed E-state index contributed by atoms with van der Waals surface area (Å²) in [6, 6.07) is 14.2. The summed E-state index contributed by atoms with van der Waals surface area (Å²) in [7, 11) is 0. The monoisotopic (exact) mass is 387 g/mol. The van der Waals surface area contributed by atoms with Crippen LogP contribution in [0.4, 0.5) is 5.69 Å². The molecule has 0 aliphatic rings. The van der Waals surface area contributed by atoms with Crippen molar-refractivity contribution < 1.29 is 14.3 Å². The smallest absolute Gasteiger partial charge is 0.338 e. The summed E-state index contributed by atoms with van der Waals surface area (Å²) in [4.78, 5) is 24.9.